The molecule has 130 valence electrons. The second-order valence-electron chi connectivity index (χ2n) is 7.52. The van der Waals surface area contributed by atoms with Crippen LogP contribution >= 0.6 is 11.3 Å². The topological polar surface area (TPSA) is 75.3 Å². The van der Waals surface area contributed by atoms with Crippen LogP contribution in [0.2, 0.25) is 0 Å². The summed E-state index contributed by atoms with van der Waals surface area (Å²) in [6.45, 7) is 6.78. The SMILES string of the molecule is Cc1sc2nc(CN3CCC4(O)CCCCC4C3)nc(N)c2c1C. The molecule has 2 unspecified atom stereocenters. The molecule has 2 atom stereocenters. The molecule has 2 aromatic rings. The molecule has 2 aliphatic rings. The molecule has 3 heterocycles. The van der Waals surface area contributed by atoms with Gasteiger partial charge in [-0.1, -0.05) is 12.8 Å². The molecule has 4 rings (SSSR count). The molecular formula is C18H26N4OS. The van der Waals surface area contributed by atoms with Gasteiger partial charge >= 0.3 is 0 Å². The molecule has 2 fully saturated rings. The minimum absolute atomic E-state index is 0.396. The molecule has 24 heavy (non-hydrogen) atoms. The molecule has 1 saturated carbocycles. The van der Waals surface area contributed by atoms with Crippen molar-refractivity contribution in [2.45, 2.75) is 58.1 Å². The van der Waals surface area contributed by atoms with E-state index in [-0.39, 0.29) is 0 Å². The van der Waals surface area contributed by atoms with Crippen molar-refractivity contribution >= 4 is 27.4 Å². The molecule has 1 aliphatic carbocycles. The molecule has 3 N–H and O–H groups in total. The lowest BCUT2D eigenvalue weighted by atomic mass is 9.71. The lowest BCUT2D eigenvalue weighted by Gasteiger charge is -2.47. The number of aromatic nitrogens is 2. The third-order valence-corrected chi connectivity index (χ3v) is 7.08. The number of hydrogen-bond acceptors (Lipinski definition) is 6. The fourth-order valence-corrected chi connectivity index (χ4v) is 5.44. The molecule has 1 aliphatic heterocycles. The monoisotopic (exact) mass is 346 g/mol. The second kappa shape index (κ2) is 5.93. The van der Waals surface area contributed by atoms with Crippen LogP contribution in [0.5, 0.6) is 0 Å². The van der Waals surface area contributed by atoms with Gasteiger partial charge in [-0.15, -0.1) is 11.3 Å². The Kier molecular flexibility index (Phi) is 4.01. The molecule has 0 bridgehead atoms. The molecule has 0 radical (unpaired) electrons. The summed E-state index contributed by atoms with van der Waals surface area (Å²) < 4.78 is 0. The van der Waals surface area contributed by atoms with Gasteiger partial charge in [0, 0.05) is 23.9 Å². The molecule has 2 aromatic heterocycles. The van der Waals surface area contributed by atoms with Crippen molar-refractivity contribution in [2.24, 2.45) is 5.92 Å². The number of nitrogens with two attached hydrogens (primary N) is 1. The Labute approximate surface area is 146 Å². The number of anilines is 1. The first-order valence-electron chi connectivity index (χ1n) is 8.93. The maximum atomic E-state index is 10.8. The van der Waals surface area contributed by atoms with E-state index in [1.54, 1.807) is 11.3 Å². The van der Waals surface area contributed by atoms with Crippen molar-refractivity contribution < 1.29 is 5.11 Å². The molecule has 1 saturated heterocycles. The Balaban J connectivity index is 1.54. The van der Waals surface area contributed by atoms with E-state index in [0.717, 1.165) is 54.9 Å². The van der Waals surface area contributed by atoms with Crippen LogP contribution in [0.15, 0.2) is 0 Å². The summed E-state index contributed by atoms with van der Waals surface area (Å²) in [5.41, 5.74) is 6.97. The Morgan fingerprint density at radius 1 is 1.29 bits per heavy atom. The molecule has 0 aromatic carbocycles. The highest BCUT2D eigenvalue weighted by atomic mass is 32.1. The summed E-state index contributed by atoms with van der Waals surface area (Å²) in [5.74, 6) is 1.80. The van der Waals surface area contributed by atoms with Gasteiger partial charge in [0.2, 0.25) is 0 Å². The fraction of sp³-hybridized carbons (Fsp3) is 0.667. The maximum Gasteiger partial charge on any atom is 0.146 e. The Hall–Kier alpha value is -1.24. The van der Waals surface area contributed by atoms with E-state index < -0.39 is 5.60 Å². The first-order chi connectivity index (χ1) is 11.5. The molecule has 0 amide bonds. The van der Waals surface area contributed by atoms with Gasteiger partial charge in [0.05, 0.1) is 17.5 Å². The first kappa shape index (κ1) is 16.2. The van der Waals surface area contributed by atoms with Gasteiger partial charge in [-0.05, 0) is 38.7 Å². The van der Waals surface area contributed by atoms with Gasteiger partial charge in [0.25, 0.3) is 0 Å². The number of likely N-dealkylation sites (tertiary alicyclic amines) is 1. The smallest absolute Gasteiger partial charge is 0.146 e. The molecular weight excluding hydrogens is 320 g/mol. The van der Waals surface area contributed by atoms with Gasteiger partial charge in [0.1, 0.15) is 16.5 Å². The van der Waals surface area contributed by atoms with Crippen molar-refractivity contribution in [2.75, 3.05) is 18.8 Å². The maximum absolute atomic E-state index is 10.8. The number of fused-ring (bicyclic) bond motifs is 2. The van der Waals surface area contributed by atoms with Crippen molar-refractivity contribution in [3.8, 4) is 0 Å². The average molecular weight is 347 g/mol. The first-order valence-corrected chi connectivity index (χ1v) is 9.75. The van der Waals surface area contributed by atoms with Crippen molar-refractivity contribution in [3.63, 3.8) is 0 Å². The zero-order chi connectivity index (χ0) is 16.9. The summed E-state index contributed by atoms with van der Waals surface area (Å²) in [5, 5.41) is 11.8. The van der Waals surface area contributed by atoms with E-state index in [1.807, 2.05) is 0 Å². The third kappa shape index (κ3) is 2.70. The standard InChI is InChI=1S/C18H26N4OS/c1-11-12(2)24-17-15(11)16(19)20-14(21-17)10-22-8-7-18(23)6-4-3-5-13(18)9-22/h13,23H,3-10H2,1-2H3,(H2,19,20,21). The van der Waals surface area contributed by atoms with Gasteiger partial charge in [-0.2, -0.15) is 0 Å². The lowest BCUT2D eigenvalue weighted by molar-refractivity contribution is -0.0971. The van der Waals surface area contributed by atoms with E-state index in [0.29, 0.717) is 11.7 Å². The van der Waals surface area contributed by atoms with Crippen LogP contribution in [-0.4, -0.2) is 38.7 Å². The van der Waals surface area contributed by atoms with Gasteiger partial charge in [-0.25, -0.2) is 9.97 Å². The summed E-state index contributed by atoms with van der Waals surface area (Å²) in [4.78, 5) is 14.0. The van der Waals surface area contributed by atoms with E-state index in [9.17, 15) is 5.11 Å². The number of nitrogen functional groups attached to an aromatic ring is 1. The van der Waals surface area contributed by atoms with Crippen LogP contribution in [0.3, 0.4) is 0 Å². The Bertz CT molecular complexity index is 774. The summed E-state index contributed by atoms with van der Waals surface area (Å²) in [6.07, 6.45) is 5.38. The van der Waals surface area contributed by atoms with Crippen LogP contribution in [0.1, 0.15) is 48.4 Å². The van der Waals surface area contributed by atoms with Crippen molar-refractivity contribution in [1.82, 2.24) is 14.9 Å². The minimum Gasteiger partial charge on any atom is -0.390 e. The largest absolute Gasteiger partial charge is 0.390 e. The predicted molar refractivity (Wildman–Crippen MR) is 98.1 cm³/mol. The average Bonchev–Trinajstić information content (AvgIpc) is 2.82. The molecule has 5 nitrogen and oxygen atoms in total. The third-order valence-electron chi connectivity index (χ3n) is 5.98. The van der Waals surface area contributed by atoms with Crippen LogP contribution < -0.4 is 5.73 Å². The second-order valence-corrected chi connectivity index (χ2v) is 8.72. The molecule has 6 heteroatoms. The summed E-state index contributed by atoms with van der Waals surface area (Å²) >= 11 is 1.70. The predicted octanol–water partition coefficient (Wildman–Crippen LogP) is 3.02. The van der Waals surface area contributed by atoms with Gasteiger partial charge in [0.15, 0.2) is 0 Å². The van der Waals surface area contributed by atoms with E-state index in [4.69, 9.17) is 10.7 Å². The van der Waals surface area contributed by atoms with Gasteiger partial charge in [-0.3, -0.25) is 4.90 Å². The number of rotatable bonds is 2. The number of hydrogen-bond donors (Lipinski definition) is 2. The van der Waals surface area contributed by atoms with Crippen LogP contribution in [0, 0.1) is 19.8 Å². The highest BCUT2D eigenvalue weighted by molar-refractivity contribution is 7.18. The summed E-state index contributed by atoms with van der Waals surface area (Å²) in [7, 11) is 0. The van der Waals surface area contributed by atoms with E-state index in [2.05, 4.69) is 23.7 Å². The van der Waals surface area contributed by atoms with Crippen LogP contribution in [-0.2, 0) is 6.54 Å². The Morgan fingerprint density at radius 2 is 2.12 bits per heavy atom. The van der Waals surface area contributed by atoms with E-state index in [1.165, 1.54) is 23.3 Å². The lowest BCUT2D eigenvalue weighted by Crippen LogP contribution is -2.53. The zero-order valence-corrected chi connectivity index (χ0v) is 15.3. The van der Waals surface area contributed by atoms with Crippen LogP contribution in [0.4, 0.5) is 5.82 Å². The highest BCUT2D eigenvalue weighted by Crippen LogP contribution is 2.40. The van der Waals surface area contributed by atoms with E-state index >= 15 is 0 Å². The van der Waals surface area contributed by atoms with Crippen molar-refractivity contribution in [3.05, 3.63) is 16.3 Å². The minimum atomic E-state index is -0.430. The zero-order valence-electron chi connectivity index (χ0n) is 14.5. The van der Waals surface area contributed by atoms with Crippen LogP contribution in [0.25, 0.3) is 10.2 Å². The summed E-state index contributed by atoms with van der Waals surface area (Å²) in [6, 6.07) is 0. The fourth-order valence-electron chi connectivity index (χ4n) is 4.38. The number of piperidine rings is 1. The number of aliphatic hydroxyl groups is 1. The highest BCUT2D eigenvalue weighted by Gasteiger charge is 2.42. The number of aryl methyl sites for hydroxylation is 2. The number of thiophene rings is 1. The Morgan fingerprint density at radius 3 is 2.96 bits per heavy atom. The van der Waals surface area contributed by atoms with Crippen molar-refractivity contribution in [1.29, 1.82) is 0 Å². The van der Waals surface area contributed by atoms with Gasteiger partial charge < -0.3 is 10.8 Å². The molecule has 0 spiro atoms. The number of nitrogens with zero attached hydrogens (tertiary/aromatic N) is 3. The normalized spacial score (nSPS) is 28.2. The quantitative estimate of drug-likeness (QED) is 0.874.